The fourth-order valence-electron chi connectivity index (χ4n) is 3.17. The van der Waals surface area contributed by atoms with E-state index in [1.807, 2.05) is 39.0 Å². The molecule has 3 rings (SSSR count). The zero-order valence-electron chi connectivity index (χ0n) is 19.2. The summed E-state index contributed by atoms with van der Waals surface area (Å²) in [4.78, 5) is 12.7. The molecule has 0 saturated heterocycles. The molecule has 34 heavy (non-hydrogen) atoms. The zero-order chi connectivity index (χ0) is 24.9. The molecular formula is C26H24N2O5S. The van der Waals surface area contributed by atoms with E-state index in [4.69, 9.17) is 8.92 Å². The molecule has 0 aliphatic rings. The predicted octanol–water partition coefficient (Wildman–Crippen LogP) is 4.93. The molecule has 3 aromatic rings. The van der Waals surface area contributed by atoms with Crippen molar-refractivity contribution >= 4 is 27.8 Å². The molecule has 0 unspecified atom stereocenters. The van der Waals surface area contributed by atoms with Gasteiger partial charge >= 0.3 is 10.1 Å². The number of nitrogens with one attached hydrogen (secondary N) is 1. The molecule has 0 aliphatic carbocycles. The lowest BCUT2D eigenvalue weighted by Gasteiger charge is -2.12. The van der Waals surface area contributed by atoms with Gasteiger partial charge in [0, 0.05) is 5.69 Å². The Balaban J connectivity index is 1.85. The van der Waals surface area contributed by atoms with Crippen molar-refractivity contribution in [3.05, 3.63) is 88.5 Å². The van der Waals surface area contributed by atoms with E-state index >= 15 is 0 Å². The van der Waals surface area contributed by atoms with Crippen molar-refractivity contribution < 1.29 is 22.1 Å². The molecule has 0 fully saturated rings. The lowest BCUT2D eigenvalue weighted by Crippen LogP contribution is -2.14. The van der Waals surface area contributed by atoms with Crippen molar-refractivity contribution in [1.82, 2.24) is 0 Å². The number of hydrogen-bond donors (Lipinski definition) is 1. The minimum absolute atomic E-state index is 0.0129. The number of carbonyl (C=O) groups excluding carboxylic acids is 1. The molecule has 174 valence electrons. The lowest BCUT2D eigenvalue weighted by molar-refractivity contribution is -0.112. The van der Waals surface area contributed by atoms with Crippen LogP contribution in [0.4, 0.5) is 5.69 Å². The number of carbonyl (C=O) groups is 1. The van der Waals surface area contributed by atoms with E-state index in [2.05, 4.69) is 5.32 Å². The first-order valence-electron chi connectivity index (χ1n) is 10.3. The lowest BCUT2D eigenvalue weighted by atomic mass is 10.1. The Morgan fingerprint density at radius 1 is 0.941 bits per heavy atom. The number of rotatable bonds is 7. The smallest absolute Gasteiger partial charge is 0.339 e. The van der Waals surface area contributed by atoms with Crippen LogP contribution in [0, 0.1) is 32.1 Å². The second kappa shape index (κ2) is 10.2. The first-order chi connectivity index (χ1) is 16.1. The number of nitrogens with zero attached hydrogens (tertiary/aromatic N) is 1. The molecule has 1 amide bonds. The Bertz CT molecular complexity index is 1400. The summed E-state index contributed by atoms with van der Waals surface area (Å²) in [5.41, 5.74) is 3.81. The van der Waals surface area contributed by atoms with Gasteiger partial charge in [0.15, 0.2) is 11.5 Å². The standard InChI is InChI=1S/C26H24N2O5S/c1-17-5-9-22(10-6-17)34(30,31)33-24-12-8-20(15-25(24)32-4)14-21(16-27)26(29)28-23-11-7-18(2)13-19(23)3/h5-15H,1-4H3,(H,28,29)/b21-14+. The molecule has 0 bridgehead atoms. The van der Waals surface area contributed by atoms with Gasteiger partial charge in [0.05, 0.1) is 7.11 Å². The van der Waals surface area contributed by atoms with Crippen LogP contribution in [0.3, 0.4) is 0 Å². The van der Waals surface area contributed by atoms with Gasteiger partial charge in [-0.1, -0.05) is 41.5 Å². The maximum Gasteiger partial charge on any atom is 0.339 e. The van der Waals surface area contributed by atoms with Crippen LogP contribution in [0.2, 0.25) is 0 Å². The number of aryl methyl sites for hydroxylation is 3. The Morgan fingerprint density at radius 2 is 1.62 bits per heavy atom. The van der Waals surface area contributed by atoms with Crippen molar-refractivity contribution in [2.45, 2.75) is 25.7 Å². The Hall–Kier alpha value is -4.09. The van der Waals surface area contributed by atoms with Crippen LogP contribution < -0.4 is 14.2 Å². The van der Waals surface area contributed by atoms with E-state index in [-0.39, 0.29) is 22.0 Å². The quantitative estimate of drug-likeness (QED) is 0.294. The van der Waals surface area contributed by atoms with Gasteiger partial charge in [-0.25, -0.2) is 0 Å². The summed E-state index contributed by atoms with van der Waals surface area (Å²) < 4.78 is 35.8. The van der Waals surface area contributed by atoms with Gasteiger partial charge in [0.1, 0.15) is 16.5 Å². The number of benzene rings is 3. The Labute approximate surface area is 199 Å². The molecule has 0 radical (unpaired) electrons. The van der Waals surface area contributed by atoms with E-state index in [1.165, 1.54) is 43.5 Å². The molecule has 0 aliphatic heterocycles. The van der Waals surface area contributed by atoms with Gasteiger partial charge in [-0.15, -0.1) is 0 Å². The van der Waals surface area contributed by atoms with Crippen LogP contribution in [0.5, 0.6) is 11.5 Å². The second-order valence-electron chi connectivity index (χ2n) is 7.70. The summed E-state index contributed by atoms with van der Waals surface area (Å²) >= 11 is 0. The number of amides is 1. The monoisotopic (exact) mass is 476 g/mol. The third-order valence-corrected chi connectivity index (χ3v) is 6.25. The molecule has 0 aromatic heterocycles. The molecule has 0 atom stereocenters. The summed E-state index contributed by atoms with van der Waals surface area (Å²) in [6, 6.07) is 18.2. The van der Waals surface area contributed by atoms with Gasteiger partial charge in [-0.3, -0.25) is 4.79 Å². The van der Waals surface area contributed by atoms with E-state index in [0.29, 0.717) is 11.3 Å². The van der Waals surface area contributed by atoms with Crippen LogP contribution in [0.1, 0.15) is 22.3 Å². The van der Waals surface area contributed by atoms with Crippen molar-refractivity contribution in [2.24, 2.45) is 0 Å². The minimum atomic E-state index is -4.07. The number of ether oxygens (including phenoxy) is 1. The first-order valence-corrected chi connectivity index (χ1v) is 11.7. The molecule has 7 nitrogen and oxygen atoms in total. The maximum absolute atomic E-state index is 12.6. The summed E-state index contributed by atoms with van der Waals surface area (Å²) in [6.45, 7) is 5.67. The normalized spacial score (nSPS) is 11.4. The van der Waals surface area contributed by atoms with Crippen molar-refractivity contribution in [1.29, 1.82) is 5.26 Å². The van der Waals surface area contributed by atoms with E-state index in [9.17, 15) is 18.5 Å². The highest BCUT2D eigenvalue weighted by Gasteiger charge is 2.19. The van der Waals surface area contributed by atoms with Gasteiger partial charge in [-0.05, 0) is 68.3 Å². The van der Waals surface area contributed by atoms with Gasteiger partial charge in [0.2, 0.25) is 0 Å². The van der Waals surface area contributed by atoms with Gasteiger partial charge in [0.25, 0.3) is 5.91 Å². The van der Waals surface area contributed by atoms with Crippen LogP contribution in [0.15, 0.2) is 71.1 Å². The predicted molar refractivity (Wildman–Crippen MR) is 130 cm³/mol. The summed E-state index contributed by atoms with van der Waals surface area (Å²) in [5, 5.41) is 12.3. The summed E-state index contributed by atoms with van der Waals surface area (Å²) in [7, 11) is -2.70. The van der Waals surface area contributed by atoms with Gasteiger partial charge < -0.3 is 14.2 Å². The van der Waals surface area contributed by atoms with Crippen LogP contribution in [-0.2, 0) is 14.9 Å². The van der Waals surface area contributed by atoms with Crippen LogP contribution in [-0.4, -0.2) is 21.4 Å². The molecule has 0 spiro atoms. The van der Waals surface area contributed by atoms with Crippen molar-refractivity contribution in [3.8, 4) is 17.6 Å². The minimum Gasteiger partial charge on any atom is -0.493 e. The summed E-state index contributed by atoms with van der Waals surface area (Å²) in [5.74, 6) is -0.439. The highest BCUT2D eigenvalue weighted by atomic mass is 32.2. The van der Waals surface area contributed by atoms with E-state index < -0.39 is 16.0 Å². The number of nitriles is 1. The highest BCUT2D eigenvalue weighted by Crippen LogP contribution is 2.31. The first kappa shape index (κ1) is 24.6. The Morgan fingerprint density at radius 3 is 2.24 bits per heavy atom. The molecule has 0 heterocycles. The van der Waals surface area contributed by atoms with E-state index in [1.54, 1.807) is 18.2 Å². The number of methoxy groups -OCH3 is 1. The molecule has 3 aromatic carbocycles. The zero-order valence-corrected chi connectivity index (χ0v) is 20.1. The fourth-order valence-corrected chi connectivity index (χ4v) is 4.11. The SMILES string of the molecule is COc1cc(/C=C(\C#N)C(=O)Nc2ccc(C)cc2C)ccc1OS(=O)(=O)c1ccc(C)cc1. The topological polar surface area (TPSA) is 105 Å². The Kier molecular flexibility index (Phi) is 7.39. The van der Waals surface area contributed by atoms with Gasteiger partial charge in [-0.2, -0.15) is 13.7 Å². The van der Waals surface area contributed by atoms with E-state index in [0.717, 1.165) is 16.7 Å². The fraction of sp³-hybridized carbons (Fsp3) is 0.154. The van der Waals surface area contributed by atoms with Crippen molar-refractivity contribution in [2.75, 3.05) is 12.4 Å². The maximum atomic E-state index is 12.6. The average molecular weight is 477 g/mol. The number of anilines is 1. The van der Waals surface area contributed by atoms with Crippen LogP contribution in [0.25, 0.3) is 6.08 Å². The largest absolute Gasteiger partial charge is 0.493 e. The second-order valence-corrected chi connectivity index (χ2v) is 9.25. The molecule has 0 saturated carbocycles. The van der Waals surface area contributed by atoms with Crippen molar-refractivity contribution in [3.63, 3.8) is 0 Å². The average Bonchev–Trinajstić information content (AvgIpc) is 2.80. The molecule has 8 heteroatoms. The third kappa shape index (κ3) is 5.82. The third-order valence-electron chi connectivity index (χ3n) is 5.00. The van der Waals surface area contributed by atoms with Crippen LogP contribution >= 0.6 is 0 Å². The summed E-state index contributed by atoms with van der Waals surface area (Å²) in [6.07, 6.45) is 1.39. The molecular weight excluding hydrogens is 452 g/mol. The highest BCUT2D eigenvalue weighted by molar-refractivity contribution is 7.87. The molecule has 1 N–H and O–H groups in total. The number of hydrogen-bond acceptors (Lipinski definition) is 6.